The van der Waals surface area contributed by atoms with E-state index in [1.807, 2.05) is 19.0 Å². The van der Waals surface area contributed by atoms with Crippen molar-refractivity contribution in [2.45, 2.75) is 6.23 Å². The summed E-state index contributed by atoms with van der Waals surface area (Å²) in [4.78, 5) is 1.82. The molecule has 1 unspecified atom stereocenters. The van der Waals surface area contributed by atoms with Crippen molar-refractivity contribution in [2.24, 2.45) is 5.73 Å². The molecule has 0 rings (SSSR count). The normalized spacial score (nSPS) is 15.0. The Morgan fingerprint density at radius 2 is 2.14 bits per heavy atom. The quantitative estimate of drug-likeness (QED) is 0.434. The average Bonchev–Trinajstić information content (AvgIpc) is 1.27. The van der Waals surface area contributed by atoms with Crippen LogP contribution in [0.2, 0.25) is 0 Å². The molecule has 3 heteroatoms. The first-order valence-electron chi connectivity index (χ1n) is 2.21. The molecule has 0 spiro atoms. The highest BCUT2D eigenvalue weighted by atomic mass is 16.3. The lowest BCUT2D eigenvalue weighted by atomic mass is 10.5. The second kappa shape index (κ2) is 2.96. The summed E-state index contributed by atoms with van der Waals surface area (Å²) in [7, 11) is 3.71. The van der Waals surface area contributed by atoms with Crippen molar-refractivity contribution >= 4 is 0 Å². The van der Waals surface area contributed by atoms with Crippen LogP contribution in [0.4, 0.5) is 0 Å². The molecule has 0 amide bonds. The van der Waals surface area contributed by atoms with Crippen molar-refractivity contribution in [3.63, 3.8) is 0 Å². The fourth-order valence-corrected chi connectivity index (χ4v) is 0.374. The molecule has 0 fully saturated rings. The predicted molar refractivity (Wildman–Crippen MR) is 28.7 cm³/mol. The maximum atomic E-state index is 8.46. The van der Waals surface area contributed by atoms with Crippen molar-refractivity contribution in [2.75, 3.05) is 20.6 Å². The van der Waals surface area contributed by atoms with Gasteiger partial charge in [0.2, 0.25) is 0 Å². The third kappa shape index (κ3) is 5.88. The molecular formula is C4H12N2O. The van der Waals surface area contributed by atoms with Gasteiger partial charge in [0.15, 0.2) is 0 Å². The number of nitrogens with two attached hydrogens (primary N) is 1. The molecule has 0 aromatic carbocycles. The fourth-order valence-electron chi connectivity index (χ4n) is 0.374. The van der Waals surface area contributed by atoms with E-state index in [0.717, 1.165) is 0 Å². The van der Waals surface area contributed by atoms with E-state index in [2.05, 4.69) is 0 Å². The van der Waals surface area contributed by atoms with Crippen molar-refractivity contribution in [3.05, 3.63) is 0 Å². The van der Waals surface area contributed by atoms with E-state index in [4.69, 9.17) is 10.8 Å². The van der Waals surface area contributed by atoms with Crippen LogP contribution in [0.5, 0.6) is 0 Å². The number of nitrogens with zero attached hydrogens (tertiary/aromatic N) is 1. The van der Waals surface area contributed by atoms with Gasteiger partial charge in [-0.2, -0.15) is 0 Å². The van der Waals surface area contributed by atoms with E-state index >= 15 is 0 Å². The maximum absolute atomic E-state index is 8.46. The molecule has 0 aliphatic rings. The minimum Gasteiger partial charge on any atom is -0.377 e. The Morgan fingerprint density at radius 1 is 1.71 bits per heavy atom. The van der Waals surface area contributed by atoms with Gasteiger partial charge < -0.3 is 15.7 Å². The molecule has 0 aromatic heterocycles. The van der Waals surface area contributed by atoms with E-state index in [1.54, 1.807) is 0 Å². The van der Waals surface area contributed by atoms with Crippen LogP contribution < -0.4 is 5.73 Å². The number of rotatable bonds is 2. The summed E-state index contributed by atoms with van der Waals surface area (Å²) < 4.78 is 0. The zero-order valence-electron chi connectivity index (χ0n) is 4.76. The molecule has 0 aliphatic carbocycles. The Balaban J connectivity index is 2.95. The summed E-state index contributed by atoms with van der Waals surface area (Å²) in [6.45, 7) is 0.528. The molecule has 0 heterocycles. The van der Waals surface area contributed by atoms with Crippen molar-refractivity contribution < 1.29 is 5.11 Å². The summed E-state index contributed by atoms with van der Waals surface area (Å²) in [5, 5.41) is 8.46. The second-order valence-electron chi connectivity index (χ2n) is 1.83. The van der Waals surface area contributed by atoms with E-state index in [1.165, 1.54) is 0 Å². The van der Waals surface area contributed by atoms with Gasteiger partial charge in [-0.1, -0.05) is 0 Å². The lowest BCUT2D eigenvalue weighted by Gasteiger charge is -2.10. The fraction of sp³-hybridized carbons (Fsp3) is 1.00. The molecule has 0 saturated heterocycles. The van der Waals surface area contributed by atoms with Gasteiger partial charge in [-0.15, -0.1) is 0 Å². The first-order valence-corrected chi connectivity index (χ1v) is 2.21. The number of aliphatic hydroxyl groups is 1. The highest BCUT2D eigenvalue weighted by Crippen LogP contribution is 1.73. The van der Waals surface area contributed by atoms with Gasteiger partial charge in [0.1, 0.15) is 6.23 Å². The largest absolute Gasteiger partial charge is 0.377 e. The third-order valence-corrected chi connectivity index (χ3v) is 0.552. The minimum absolute atomic E-state index is 0.528. The molecule has 3 N–H and O–H groups in total. The summed E-state index contributed by atoms with van der Waals surface area (Å²) >= 11 is 0. The second-order valence-corrected chi connectivity index (χ2v) is 1.83. The lowest BCUT2D eigenvalue weighted by Crippen LogP contribution is -2.32. The number of hydrogen-bond acceptors (Lipinski definition) is 3. The number of likely N-dealkylation sites (N-methyl/N-ethyl adjacent to an activating group) is 1. The van der Waals surface area contributed by atoms with Gasteiger partial charge in [0.05, 0.1) is 0 Å². The SMILES string of the molecule is CN(C)CC(N)O. The molecule has 0 saturated carbocycles. The van der Waals surface area contributed by atoms with Crippen LogP contribution in [-0.2, 0) is 0 Å². The van der Waals surface area contributed by atoms with Crippen molar-refractivity contribution in [1.29, 1.82) is 0 Å². The molecule has 1 atom stereocenters. The molecule has 44 valence electrons. The molecule has 7 heavy (non-hydrogen) atoms. The Kier molecular flexibility index (Phi) is 2.91. The van der Waals surface area contributed by atoms with Crippen LogP contribution >= 0.6 is 0 Å². The Morgan fingerprint density at radius 3 is 2.14 bits per heavy atom. The summed E-state index contributed by atoms with van der Waals surface area (Å²) in [6, 6.07) is 0. The molecule has 0 bridgehead atoms. The zero-order valence-corrected chi connectivity index (χ0v) is 4.76. The van der Waals surface area contributed by atoms with Crippen LogP contribution in [0.3, 0.4) is 0 Å². The van der Waals surface area contributed by atoms with E-state index < -0.39 is 6.23 Å². The van der Waals surface area contributed by atoms with Crippen LogP contribution in [0.25, 0.3) is 0 Å². The van der Waals surface area contributed by atoms with Crippen LogP contribution in [-0.4, -0.2) is 36.9 Å². The standard InChI is InChI=1S/C4H12N2O/c1-6(2)3-4(5)7/h4,7H,3,5H2,1-2H3. The molecule has 0 aliphatic heterocycles. The highest BCUT2D eigenvalue weighted by molar-refractivity contribution is 4.46. The zero-order chi connectivity index (χ0) is 5.86. The van der Waals surface area contributed by atoms with Crippen molar-refractivity contribution in [1.82, 2.24) is 4.90 Å². The minimum atomic E-state index is -0.699. The van der Waals surface area contributed by atoms with Crippen LogP contribution in [0, 0.1) is 0 Å². The van der Waals surface area contributed by atoms with Gasteiger partial charge in [0, 0.05) is 6.54 Å². The number of aliphatic hydroxyl groups excluding tert-OH is 1. The first-order chi connectivity index (χ1) is 3.13. The molecular weight excluding hydrogens is 92.1 g/mol. The smallest absolute Gasteiger partial charge is 0.115 e. The van der Waals surface area contributed by atoms with Gasteiger partial charge in [-0.3, -0.25) is 0 Å². The van der Waals surface area contributed by atoms with Crippen LogP contribution in [0.15, 0.2) is 0 Å². The van der Waals surface area contributed by atoms with Gasteiger partial charge in [-0.25, -0.2) is 0 Å². The maximum Gasteiger partial charge on any atom is 0.115 e. The van der Waals surface area contributed by atoms with Gasteiger partial charge in [-0.05, 0) is 14.1 Å². The monoisotopic (exact) mass is 104 g/mol. The van der Waals surface area contributed by atoms with E-state index in [-0.39, 0.29) is 0 Å². The summed E-state index contributed by atoms with van der Waals surface area (Å²) in [5.74, 6) is 0. The Bertz CT molecular complexity index is 39.0. The summed E-state index contributed by atoms with van der Waals surface area (Å²) in [6.07, 6.45) is -0.699. The topological polar surface area (TPSA) is 49.5 Å². The summed E-state index contributed by atoms with van der Waals surface area (Å²) in [5.41, 5.74) is 5.01. The molecule has 0 aromatic rings. The average molecular weight is 104 g/mol. The Labute approximate surface area is 43.7 Å². The van der Waals surface area contributed by atoms with Gasteiger partial charge in [0.25, 0.3) is 0 Å². The first kappa shape index (κ1) is 6.88. The molecule has 0 radical (unpaired) electrons. The van der Waals surface area contributed by atoms with Crippen molar-refractivity contribution in [3.8, 4) is 0 Å². The molecule has 3 nitrogen and oxygen atoms in total. The van der Waals surface area contributed by atoms with E-state index in [9.17, 15) is 0 Å². The lowest BCUT2D eigenvalue weighted by molar-refractivity contribution is 0.143. The van der Waals surface area contributed by atoms with Gasteiger partial charge >= 0.3 is 0 Å². The van der Waals surface area contributed by atoms with Crippen LogP contribution in [0.1, 0.15) is 0 Å². The number of hydrogen-bond donors (Lipinski definition) is 2. The predicted octanol–water partition coefficient (Wildman–Crippen LogP) is -1.17. The van der Waals surface area contributed by atoms with E-state index in [0.29, 0.717) is 6.54 Å². The third-order valence-electron chi connectivity index (χ3n) is 0.552. The highest BCUT2D eigenvalue weighted by Gasteiger charge is 1.93. The Hall–Kier alpha value is -0.120.